The lowest BCUT2D eigenvalue weighted by molar-refractivity contribution is -0.172. The molecule has 0 aromatic rings. The van der Waals surface area contributed by atoms with E-state index in [4.69, 9.17) is 0 Å². The number of nitrogens with zero attached hydrogens (tertiary/aromatic N) is 1. The van der Waals surface area contributed by atoms with Gasteiger partial charge in [-0.1, -0.05) is 5.73 Å². The Morgan fingerprint density at radius 3 is 2.94 bits per heavy atom. The summed E-state index contributed by atoms with van der Waals surface area (Å²) in [5.74, 6) is -1.96. The van der Waals surface area contributed by atoms with Crippen molar-refractivity contribution >= 4 is 5.91 Å². The lowest BCUT2D eigenvalue weighted by Gasteiger charge is -2.35. The predicted molar refractivity (Wildman–Crippen MR) is 59.0 cm³/mol. The summed E-state index contributed by atoms with van der Waals surface area (Å²) in [4.78, 5) is 12.7. The van der Waals surface area contributed by atoms with Crippen molar-refractivity contribution in [2.75, 3.05) is 0 Å². The van der Waals surface area contributed by atoms with Gasteiger partial charge in [-0.3, -0.25) is 4.79 Å². The van der Waals surface area contributed by atoms with E-state index >= 15 is 0 Å². The van der Waals surface area contributed by atoms with Crippen LogP contribution in [0.1, 0.15) is 26.2 Å². The number of carbonyl (C=O) groups is 1. The molecule has 2 heterocycles. The van der Waals surface area contributed by atoms with E-state index < -0.39 is 12.1 Å². The quantitative estimate of drug-likeness (QED) is 0.733. The van der Waals surface area contributed by atoms with Gasteiger partial charge in [-0.25, -0.2) is 0 Å². The highest BCUT2D eigenvalue weighted by Crippen LogP contribution is 2.28. The lowest BCUT2D eigenvalue weighted by atomic mass is 10.00. The molecule has 0 spiro atoms. The highest BCUT2D eigenvalue weighted by atomic mass is 19.4. The van der Waals surface area contributed by atoms with Crippen LogP contribution in [-0.4, -0.2) is 23.0 Å². The topological polar surface area (TPSA) is 32.3 Å². The third kappa shape index (κ3) is 2.59. The molecule has 6 heteroatoms. The molecule has 1 amide bonds. The Balaban J connectivity index is 2.15. The molecule has 18 heavy (non-hydrogen) atoms. The number of amides is 1. The van der Waals surface area contributed by atoms with Gasteiger partial charge in [0.15, 0.2) is 0 Å². The molecular weight excluding hydrogens is 245 g/mol. The highest BCUT2D eigenvalue weighted by Gasteiger charge is 2.39. The van der Waals surface area contributed by atoms with Crippen LogP contribution >= 0.6 is 0 Å². The normalized spacial score (nSPS) is 23.1. The zero-order valence-corrected chi connectivity index (χ0v) is 9.84. The molecule has 2 aliphatic heterocycles. The van der Waals surface area contributed by atoms with Gasteiger partial charge in [0.1, 0.15) is 0 Å². The van der Waals surface area contributed by atoms with Gasteiger partial charge < -0.3 is 10.2 Å². The van der Waals surface area contributed by atoms with Gasteiger partial charge in [0.05, 0.1) is 11.4 Å². The van der Waals surface area contributed by atoms with Gasteiger partial charge in [0.25, 0.3) is 0 Å². The predicted octanol–water partition coefficient (Wildman–Crippen LogP) is 2.43. The molecule has 0 aromatic heterocycles. The summed E-state index contributed by atoms with van der Waals surface area (Å²) in [7, 11) is 0. The Morgan fingerprint density at radius 2 is 2.28 bits per heavy atom. The maximum Gasteiger partial charge on any atom is 0.471 e. The Labute approximate surface area is 103 Å². The number of carbonyl (C=O) groups excluding carboxylic acids is 1. The second-order valence-corrected chi connectivity index (χ2v) is 4.42. The van der Waals surface area contributed by atoms with Crippen LogP contribution in [0.15, 0.2) is 29.4 Å². The fourth-order valence-corrected chi connectivity index (χ4v) is 2.07. The van der Waals surface area contributed by atoms with E-state index in [-0.39, 0.29) is 11.7 Å². The third-order valence-electron chi connectivity index (χ3n) is 3.01. The maximum absolute atomic E-state index is 12.1. The van der Waals surface area contributed by atoms with E-state index in [0.29, 0.717) is 0 Å². The molecule has 0 aliphatic carbocycles. The number of alkyl halides is 3. The second kappa shape index (κ2) is 4.53. The molecule has 1 saturated heterocycles. The van der Waals surface area contributed by atoms with Crippen molar-refractivity contribution in [3.8, 4) is 0 Å². The van der Waals surface area contributed by atoms with Crippen molar-refractivity contribution in [1.82, 2.24) is 10.2 Å². The number of rotatable bonds is 1. The second-order valence-electron chi connectivity index (χ2n) is 4.42. The van der Waals surface area contributed by atoms with Gasteiger partial charge in [-0.15, -0.1) is 0 Å². The summed E-state index contributed by atoms with van der Waals surface area (Å²) in [5.41, 5.74) is 4.00. The fourth-order valence-electron chi connectivity index (χ4n) is 2.07. The maximum atomic E-state index is 12.1. The van der Waals surface area contributed by atoms with Crippen LogP contribution in [0.2, 0.25) is 0 Å². The first-order chi connectivity index (χ1) is 8.38. The number of piperidine rings is 1. The Morgan fingerprint density at radius 1 is 1.56 bits per heavy atom. The summed E-state index contributed by atoms with van der Waals surface area (Å²) < 4.78 is 36.4. The van der Waals surface area contributed by atoms with E-state index in [9.17, 15) is 18.0 Å². The van der Waals surface area contributed by atoms with Crippen molar-refractivity contribution < 1.29 is 18.0 Å². The number of hydrogen-bond acceptors (Lipinski definition) is 2. The van der Waals surface area contributed by atoms with E-state index in [1.807, 2.05) is 17.1 Å². The van der Waals surface area contributed by atoms with Crippen molar-refractivity contribution in [2.45, 2.75) is 38.4 Å². The minimum absolute atomic E-state index is 0.120. The summed E-state index contributed by atoms with van der Waals surface area (Å²) in [6.45, 7) is 1.99. The van der Waals surface area contributed by atoms with Crippen LogP contribution in [0.25, 0.3) is 0 Å². The van der Waals surface area contributed by atoms with Crippen molar-refractivity contribution in [2.24, 2.45) is 0 Å². The average molecular weight is 258 g/mol. The largest absolute Gasteiger partial charge is 0.471 e. The van der Waals surface area contributed by atoms with Crippen LogP contribution in [0.4, 0.5) is 13.2 Å². The molecule has 0 aromatic carbocycles. The smallest absolute Gasteiger partial charge is 0.340 e. The van der Waals surface area contributed by atoms with Crippen molar-refractivity contribution in [3.05, 3.63) is 29.4 Å². The van der Waals surface area contributed by atoms with E-state index in [1.54, 1.807) is 6.20 Å². The molecule has 1 N–H and O–H groups in total. The first-order valence-electron chi connectivity index (χ1n) is 5.72. The molecule has 0 radical (unpaired) electrons. The van der Waals surface area contributed by atoms with Gasteiger partial charge in [-0.05, 0) is 26.2 Å². The lowest BCUT2D eigenvalue weighted by Crippen LogP contribution is -2.38. The molecule has 1 fully saturated rings. The molecule has 0 saturated carbocycles. The molecule has 3 nitrogen and oxygen atoms in total. The highest BCUT2D eigenvalue weighted by molar-refractivity contribution is 5.83. The summed E-state index contributed by atoms with van der Waals surface area (Å²) in [6.07, 6.45) is 0.935. The molecule has 2 aliphatic rings. The number of halogens is 3. The summed E-state index contributed by atoms with van der Waals surface area (Å²) in [6, 6.07) is 0.215. The van der Waals surface area contributed by atoms with Crippen LogP contribution in [0.5, 0.6) is 0 Å². The number of hydrogen-bond donors (Lipinski definition) is 1. The van der Waals surface area contributed by atoms with Crippen molar-refractivity contribution in [3.63, 3.8) is 0 Å². The van der Waals surface area contributed by atoms with Crippen LogP contribution in [-0.2, 0) is 4.79 Å². The van der Waals surface area contributed by atoms with E-state index in [1.165, 1.54) is 6.08 Å². The van der Waals surface area contributed by atoms with Gasteiger partial charge >= 0.3 is 12.1 Å². The first kappa shape index (κ1) is 12.8. The monoisotopic (exact) mass is 258 g/mol. The summed E-state index contributed by atoms with van der Waals surface area (Å²) >= 11 is 0. The standard InChI is InChI=1S/C12H13F3N2O/c1-8-3-2-4-10-6-5-9(7-17(8)10)16-11(18)12(13,14)15/h5,7-8H,2-4H2,1H3,(H,16,18). The summed E-state index contributed by atoms with van der Waals surface area (Å²) in [5, 5.41) is 1.84. The third-order valence-corrected chi connectivity index (χ3v) is 3.01. The van der Waals surface area contributed by atoms with Gasteiger partial charge in [-0.2, -0.15) is 13.2 Å². The Bertz CT molecular complexity index is 458. The molecule has 1 atom stereocenters. The fraction of sp³-hybridized carbons (Fsp3) is 0.500. The Hall–Kier alpha value is -1.68. The number of allylic oxidation sites excluding steroid dienone is 1. The van der Waals surface area contributed by atoms with Gasteiger partial charge in [0.2, 0.25) is 0 Å². The zero-order valence-electron chi connectivity index (χ0n) is 9.84. The zero-order chi connectivity index (χ0) is 13.3. The van der Waals surface area contributed by atoms with Crippen LogP contribution < -0.4 is 5.32 Å². The SMILES string of the molecule is CC1CCCC2=C=CC(NC(=O)C(F)(F)F)=CN21. The molecule has 1 unspecified atom stereocenters. The number of fused-ring (bicyclic) bond motifs is 1. The average Bonchev–Trinajstić information content (AvgIpc) is 2.29. The van der Waals surface area contributed by atoms with Crippen LogP contribution in [0, 0.1) is 0 Å². The molecule has 2 rings (SSSR count). The van der Waals surface area contributed by atoms with E-state index in [2.05, 4.69) is 5.73 Å². The van der Waals surface area contributed by atoms with Gasteiger partial charge in [0, 0.05) is 18.3 Å². The molecule has 98 valence electrons. The minimum atomic E-state index is -4.87. The van der Waals surface area contributed by atoms with Crippen LogP contribution in [0.3, 0.4) is 0 Å². The van der Waals surface area contributed by atoms with Crippen molar-refractivity contribution in [1.29, 1.82) is 0 Å². The van der Waals surface area contributed by atoms with E-state index in [0.717, 1.165) is 25.0 Å². The number of nitrogens with one attached hydrogen (secondary N) is 1. The first-order valence-corrected chi connectivity index (χ1v) is 5.72. The molecule has 0 bridgehead atoms. The molecular formula is C12H13F3N2O. The minimum Gasteiger partial charge on any atom is -0.340 e. The Kier molecular flexibility index (Phi) is 3.22.